The predicted octanol–water partition coefficient (Wildman–Crippen LogP) is 1.70. The van der Waals surface area contributed by atoms with Gasteiger partial charge >= 0.3 is 0 Å². The van der Waals surface area contributed by atoms with Gasteiger partial charge in [-0.3, -0.25) is 4.79 Å². The minimum atomic E-state index is -3.52. The maximum Gasteiger partial charge on any atom is 0.282 e. The average Bonchev–Trinajstić information content (AvgIpc) is 3.29. The lowest BCUT2D eigenvalue weighted by molar-refractivity contribution is 0.0684. The van der Waals surface area contributed by atoms with E-state index in [1.807, 2.05) is 0 Å². The van der Waals surface area contributed by atoms with Crippen LogP contribution in [0.3, 0.4) is 0 Å². The molecule has 2 aromatic rings. The van der Waals surface area contributed by atoms with E-state index in [1.54, 1.807) is 57.2 Å². The van der Waals surface area contributed by atoms with E-state index in [9.17, 15) is 13.2 Å². The highest BCUT2D eigenvalue weighted by Gasteiger charge is 2.33. The first kappa shape index (κ1) is 23.0. The van der Waals surface area contributed by atoms with E-state index in [2.05, 4.69) is 5.16 Å². The van der Waals surface area contributed by atoms with Crippen molar-refractivity contribution in [2.45, 2.75) is 13.8 Å². The predicted molar refractivity (Wildman–Crippen MR) is 114 cm³/mol. The Labute approximate surface area is 182 Å². The van der Waals surface area contributed by atoms with Crippen molar-refractivity contribution in [2.75, 3.05) is 53.5 Å². The lowest BCUT2D eigenvalue weighted by Gasteiger charge is -2.35. The van der Waals surface area contributed by atoms with E-state index in [1.165, 1.54) is 8.61 Å². The summed E-state index contributed by atoms with van der Waals surface area (Å²) in [5.74, 6) is 1.25. The number of benzene rings is 1. The molecule has 0 unspecified atom stereocenters. The van der Waals surface area contributed by atoms with Crippen LogP contribution in [0.5, 0.6) is 11.5 Å². The number of aromatic nitrogens is 1. The third-order valence-corrected chi connectivity index (χ3v) is 7.47. The van der Waals surface area contributed by atoms with E-state index in [-0.39, 0.29) is 37.8 Å². The van der Waals surface area contributed by atoms with Crippen LogP contribution >= 0.6 is 0 Å². The number of methoxy groups -OCH3 is 2. The molecule has 0 saturated carbocycles. The minimum Gasteiger partial charge on any atom is -0.497 e. The van der Waals surface area contributed by atoms with Crippen molar-refractivity contribution in [3.63, 3.8) is 0 Å². The maximum absolute atomic E-state index is 12.9. The maximum atomic E-state index is 12.9. The molecule has 1 aromatic carbocycles. The Hall–Kier alpha value is -2.63. The second-order valence-electron chi connectivity index (χ2n) is 6.93. The van der Waals surface area contributed by atoms with Gasteiger partial charge in [0.25, 0.3) is 16.1 Å². The van der Waals surface area contributed by atoms with E-state index < -0.39 is 10.2 Å². The molecular weight excluding hydrogens is 424 g/mol. The number of carbonyl (C=O) groups excluding carboxylic acids is 1. The van der Waals surface area contributed by atoms with E-state index in [0.29, 0.717) is 35.9 Å². The van der Waals surface area contributed by atoms with Gasteiger partial charge in [-0.15, -0.1) is 0 Å². The van der Waals surface area contributed by atoms with Gasteiger partial charge in [0, 0.05) is 45.3 Å². The fraction of sp³-hybridized carbons (Fsp3) is 0.500. The lowest BCUT2D eigenvalue weighted by atomic mass is 10.1. The molecule has 0 aliphatic carbocycles. The smallest absolute Gasteiger partial charge is 0.282 e. The van der Waals surface area contributed by atoms with Crippen LogP contribution in [0, 0.1) is 0 Å². The molecule has 0 spiro atoms. The van der Waals surface area contributed by atoms with Gasteiger partial charge in [0.1, 0.15) is 11.5 Å². The van der Waals surface area contributed by atoms with Gasteiger partial charge in [-0.1, -0.05) is 19.0 Å². The van der Waals surface area contributed by atoms with Gasteiger partial charge in [-0.05, 0) is 18.2 Å². The molecule has 11 heteroatoms. The van der Waals surface area contributed by atoms with E-state index in [4.69, 9.17) is 14.0 Å². The lowest BCUT2D eigenvalue weighted by Crippen LogP contribution is -2.54. The van der Waals surface area contributed by atoms with Crippen molar-refractivity contribution < 1.29 is 27.2 Å². The summed E-state index contributed by atoms with van der Waals surface area (Å²) < 4.78 is 44.2. The van der Waals surface area contributed by atoms with Crippen LogP contribution < -0.4 is 9.47 Å². The number of hydrogen-bond acceptors (Lipinski definition) is 7. The Balaban J connectivity index is 1.72. The van der Waals surface area contributed by atoms with Crippen molar-refractivity contribution in [2.24, 2.45) is 0 Å². The fourth-order valence-electron chi connectivity index (χ4n) is 3.51. The SMILES string of the molecule is CCN(CC)S(=O)(=O)N1CCN(C(=O)c2cc(-c3cc(OC)ccc3OC)on2)CC1. The molecule has 31 heavy (non-hydrogen) atoms. The first-order valence-corrected chi connectivity index (χ1v) is 11.5. The van der Waals surface area contributed by atoms with E-state index in [0.717, 1.165) is 0 Å². The summed E-state index contributed by atoms with van der Waals surface area (Å²) in [6, 6.07) is 6.80. The molecule has 2 heterocycles. The molecule has 1 fully saturated rings. The van der Waals surface area contributed by atoms with Crippen LogP contribution in [0.4, 0.5) is 0 Å². The molecule has 0 bridgehead atoms. The number of carbonyl (C=O) groups is 1. The van der Waals surface area contributed by atoms with Crippen LogP contribution in [0.1, 0.15) is 24.3 Å². The summed E-state index contributed by atoms with van der Waals surface area (Å²) >= 11 is 0. The molecule has 1 aliphatic heterocycles. The Morgan fingerprint density at radius 1 is 1.10 bits per heavy atom. The Morgan fingerprint density at radius 3 is 2.35 bits per heavy atom. The Bertz CT molecular complexity index is 1010. The summed E-state index contributed by atoms with van der Waals surface area (Å²) in [7, 11) is -0.418. The molecule has 10 nitrogen and oxygen atoms in total. The number of piperazine rings is 1. The zero-order chi connectivity index (χ0) is 22.6. The van der Waals surface area contributed by atoms with Gasteiger partial charge in [0.15, 0.2) is 11.5 Å². The zero-order valence-corrected chi connectivity index (χ0v) is 19.0. The molecule has 1 amide bonds. The summed E-state index contributed by atoms with van der Waals surface area (Å²) in [6.45, 7) is 5.47. The quantitative estimate of drug-likeness (QED) is 0.600. The van der Waals surface area contributed by atoms with Crippen LogP contribution in [0.2, 0.25) is 0 Å². The fourth-order valence-corrected chi connectivity index (χ4v) is 5.11. The van der Waals surface area contributed by atoms with Crippen LogP contribution in [0.15, 0.2) is 28.8 Å². The highest BCUT2D eigenvalue weighted by atomic mass is 32.2. The number of ether oxygens (including phenoxy) is 2. The van der Waals surface area contributed by atoms with Gasteiger partial charge in [0.05, 0.1) is 19.8 Å². The standard InChI is InChI=1S/C20H28N4O6S/c1-5-23(6-2)31(26,27)24-11-9-22(10-12-24)20(25)17-14-19(30-21-17)16-13-15(28-3)7-8-18(16)29-4/h7-8,13-14H,5-6,9-12H2,1-4H3. The third-order valence-electron chi connectivity index (χ3n) is 5.29. The first-order valence-electron chi connectivity index (χ1n) is 10.1. The molecule has 1 saturated heterocycles. The minimum absolute atomic E-state index is 0.153. The van der Waals surface area contributed by atoms with Gasteiger partial charge < -0.3 is 18.9 Å². The third kappa shape index (κ3) is 4.68. The molecule has 1 aliphatic rings. The largest absolute Gasteiger partial charge is 0.497 e. The van der Waals surface area contributed by atoms with Gasteiger partial charge in [-0.2, -0.15) is 17.0 Å². The molecule has 170 valence electrons. The summed E-state index contributed by atoms with van der Waals surface area (Å²) in [6.07, 6.45) is 0. The van der Waals surface area contributed by atoms with Crippen LogP contribution in [-0.2, 0) is 10.2 Å². The normalized spacial score (nSPS) is 15.3. The number of rotatable bonds is 8. The van der Waals surface area contributed by atoms with Crippen LogP contribution in [0.25, 0.3) is 11.3 Å². The number of amides is 1. The van der Waals surface area contributed by atoms with Crippen molar-refractivity contribution in [1.29, 1.82) is 0 Å². The molecule has 0 atom stereocenters. The number of hydrogen-bond donors (Lipinski definition) is 0. The summed E-state index contributed by atoms with van der Waals surface area (Å²) in [5.41, 5.74) is 0.767. The summed E-state index contributed by atoms with van der Waals surface area (Å²) in [5, 5.41) is 3.92. The Morgan fingerprint density at radius 2 is 1.77 bits per heavy atom. The molecule has 0 N–H and O–H groups in total. The van der Waals surface area contributed by atoms with Gasteiger partial charge in [0.2, 0.25) is 0 Å². The van der Waals surface area contributed by atoms with Crippen molar-refractivity contribution >= 4 is 16.1 Å². The average molecular weight is 453 g/mol. The van der Waals surface area contributed by atoms with Crippen molar-refractivity contribution in [1.82, 2.24) is 18.7 Å². The topological polar surface area (TPSA) is 105 Å². The zero-order valence-electron chi connectivity index (χ0n) is 18.2. The summed E-state index contributed by atoms with van der Waals surface area (Å²) in [4.78, 5) is 14.5. The van der Waals surface area contributed by atoms with E-state index >= 15 is 0 Å². The second kappa shape index (κ2) is 9.67. The molecular formula is C20H28N4O6S. The monoisotopic (exact) mass is 452 g/mol. The Kier molecular flexibility index (Phi) is 7.19. The van der Waals surface area contributed by atoms with Crippen LogP contribution in [-0.4, -0.2) is 86.5 Å². The second-order valence-corrected chi connectivity index (χ2v) is 8.85. The van der Waals surface area contributed by atoms with Gasteiger partial charge in [-0.25, -0.2) is 0 Å². The highest BCUT2D eigenvalue weighted by Crippen LogP contribution is 2.34. The molecule has 1 aromatic heterocycles. The van der Waals surface area contributed by atoms with Crippen molar-refractivity contribution in [3.8, 4) is 22.8 Å². The highest BCUT2D eigenvalue weighted by molar-refractivity contribution is 7.86. The molecule has 3 rings (SSSR count). The first-order chi connectivity index (χ1) is 14.8. The molecule has 0 radical (unpaired) electrons. The number of nitrogens with zero attached hydrogens (tertiary/aromatic N) is 4. The van der Waals surface area contributed by atoms with Crippen molar-refractivity contribution in [3.05, 3.63) is 30.0 Å².